The third-order valence-corrected chi connectivity index (χ3v) is 3.52. The number of terminal acetylenes is 1. The zero-order chi connectivity index (χ0) is 12.3. The van der Waals surface area contributed by atoms with E-state index in [4.69, 9.17) is 6.42 Å². The average molecular weight is 228 g/mol. The van der Waals surface area contributed by atoms with Crippen LogP contribution in [0.25, 0.3) is 0 Å². The highest BCUT2D eigenvalue weighted by Gasteiger charge is 2.29. The van der Waals surface area contributed by atoms with Crippen LogP contribution in [0.5, 0.6) is 0 Å². The van der Waals surface area contributed by atoms with E-state index in [1.165, 1.54) is 5.56 Å². The molecule has 17 heavy (non-hydrogen) atoms. The van der Waals surface area contributed by atoms with Crippen molar-refractivity contribution in [1.29, 1.82) is 0 Å². The van der Waals surface area contributed by atoms with Gasteiger partial charge >= 0.3 is 0 Å². The van der Waals surface area contributed by atoms with E-state index in [2.05, 4.69) is 60.3 Å². The maximum atomic E-state index is 5.61. The van der Waals surface area contributed by atoms with Crippen molar-refractivity contribution >= 4 is 0 Å². The van der Waals surface area contributed by atoms with E-state index in [1.807, 2.05) is 0 Å². The van der Waals surface area contributed by atoms with Crippen molar-refractivity contribution < 1.29 is 0 Å². The van der Waals surface area contributed by atoms with Crippen LogP contribution in [0.1, 0.15) is 25.5 Å². The van der Waals surface area contributed by atoms with Gasteiger partial charge < -0.3 is 5.32 Å². The molecule has 0 spiro atoms. The van der Waals surface area contributed by atoms with Crippen LogP contribution in [-0.4, -0.2) is 30.1 Å². The number of nitrogens with one attached hydrogen (secondary N) is 1. The standard InChI is InChI=1S/C15H20N2/c1-4-15(2,3)17-11-10-16-14(12-17)13-8-6-5-7-9-13/h1,5-9,14,16H,10-12H2,2-3H3. The van der Waals surface area contributed by atoms with Gasteiger partial charge in [0.25, 0.3) is 0 Å². The first-order valence-corrected chi connectivity index (χ1v) is 6.14. The quantitative estimate of drug-likeness (QED) is 0.779. The molecule has 0 aromatic heterocycles. The molecule has 0 amide bonds. The summed E-state index contributed by atoms with van der Waals surface area (Å²) in [5.41, 5.74) is 1.18. The Morgan fingerprint density at radius 2 is 2.06 bits per heavy atom. The normalized spacial score (nSPS) is 22.1. The lowest BCUT2D eigenvalue weighted by Crippen LogP contribution is -2.53. The summed E-state index contributed by atoms with van der Waals surface area (Å²) in [4.78, 5) is 2.38. The minimum atomic E-state index is -0.158. The van der Waals surface area contributed by atoms with Gasteiger partial charge in [0.1, 0.15) is 0 Å². The third kappa shape index (κ3) is 2.69. The highest BCUT2D eigenvalue weighted by Crippen LogP contribution is 2.22. The molecule has 0 saturated carbocycles. The Labute approximate surface area is 104 Å². The number of benzene rings is 1. The molecule has 1 heterocycles. The molecule has 2 nitrogen and oxygen atoms in total. The van der Waals surface area contributed by atoms with Gasteiger partial charge in [0.05, 0.1) is 5.54 Å². The Balaban J connectivity index is 2.11. The Morgan fingerprint density at radius 1 is 1.35 bits per heavy atom. The number of piperazine rings is 1. The molecule has 0 radical (unpaired) electrons. The molecule has 2 heteroatoms. The topological polar surface area (TPSA) is 15.3 Å². The molecule has 1 N–H and O–H groups in total. The van der Waals surface area contributed by atoms with Gasteiger partial charge in [0.15, 0.2) is 0 Å². The summed E-state index contributed by atoms with van der Waals surface area (Å²) in [6.07, 6.45) is 5.61. The van der Waals surface area contributed by atoms with Crippen LogP contribution < -0.4 is 5.32 Å². The molecule has 0 aliphatic carbocycles. The van der Waals surface area contributed by atoms with Crippen molar-refractivity contribution in [2.45, 2.75) is 25.4 Å². The first kappa shape index (κ1) is 12.2. The lowest BCUT2D eigenvalue weighted by atomic mass is 9.98. The van der Waals surface area contributed by atoms with Crippen LogP contribution in [0, 0.1) is 12.3 Å². The zero-order valence-corrected chi connectivity index (χ0v) is 10.6. The summed E-state index contributed by atoms with van der Waals surface area (Å²) >= 11 is 0. The third-order valence-electron chi connectivity index (χ3n) is 3.52. The predicted molar refractivity (Wildman–Crippen MR) is 71.7 cm³/mol. The van der Waals surface area contributed by atoms with Crippen molar-refractivity contribution in [3.05, 3.63) is 35.9 Å². The molecule has 1 unspecified atom stereocenters. The van der Waals surface area contributed by atoms with E-state index in [9.17, 15) is 0 Å². The van der Waals surface area contributed by atoms with Crippen LogP contribution in [0.3, 0.4) is 0 Å². The molecular formula is C15H20N2. The number of nitrogens with zero attached hydrogens (tertiary/aromatic N) is 1. The number of rotatable bonds is 2. The molecule has 1 aliphatic heterocycles. The summed E-state index contributed by atoms with van der Waals surface area (Å²) in [5, 5.41) is 3.55. The second kappa shape index (κ2) is 4.91. The van der Waals surface area contributed by atoms with Crippen LogP contribution in [-0.2, 0) is 0 Å². The van der Waals surface area contributed by atoms with Crippen molar-refractivity contribution in [2.75, 3.05) is 19.6 Å². The Morgan fingerprint density at radius 3 is 2.71 bits per heavy atom. The van der Waals surface area contributed by atoms with Crippen LogP contribution >= 0.6 is 0 Å². The summed E-state index contributed by atoms with van der Waals surface area (Å²) in [6.45, 7) is 7.20. The Kier molecular flexibility index (Phi) is 3.51. The maximum absolute atomic E-state index is 5.61. The summed E-state index contributed by atoms with van der Waals surface area (Å²) in [5.74, 6) is 2.88. The molecule has 0 bridgehead atoms. The van der Waals surface area contributed by atoms with Gasteiger partial charge in [-0.3, -0.25) is 4.90 Å². The molecule has 1 aromatic rings. The van der Waals surface area contributed by atoms with Crippen LogP contribution in [0.15, 0.2) is 30.3 Å². The molecule has 2 rings (SSSR count). The maximum Gasteiger partial charge on any atom is 0.0767 e. The second-order valence-electron chi connectivity index (χ2n) is 5.07. The van der Waals surface area contributed by atoms with Crippen molar-refractivity contribution in [2.24, 2.45) is 0 Å². The van der Waals surface area contributed by atoms with E-state index < -0.39 is 0 Å². The lowest BCUT2D eigenvalue weighted by Gasteiger charge is -2.41. The summed E-state index contributed by atoms with van der Waals surface area (Å²) < 4.78 is 0. The molecular weight excluding hydrogens is 208 g/mol. The first-order chi connectivity index (χ1) is 8.13. The summed E-state index contributed by atoms with van der Waals surface area (Å²) in [6, 6.07) is 11.0. The van der Waals surface area contributed by atoms with Gasteiger partial charge in [-0.1, -0.05) is 36.3 Å². The van der Waals surface area contributed by atoms with Crippen LogP contribution in [0.2, 0.25) is 0 Å². The highest BCUT2D eigenvalue weighted by molar-refractivity contribution is 5.21. The lowest BCUT2D eigenvalue weighted by molar-refractivity contribution is 0.122. The fourth-order valence-corrected chi connectivity index (χ4v) is 2.26. The molecule has 1 aromatic carbocycles. The monoisotopic (exact) mass is 228 g/mol. The minimum Gasteiger partial charge on any atom is -0.308 e. The van der Waals surface area contributed by atoms with Crippen LogP contribution in [0.4, 0.5) is 0 Å². The molecule has 1 aliphatic rings. The van der Waals surface area contributed by atoms with Gasteiger partial charge in [-0.05, 0) is 19.4 Å². The smallest absolute Gasteiger partial charge is 0.0767 e. The van der Waals surface area contributed by atoms with Gasteiger partial charge in [0, 0.05) is 25.7 Å². The number of hydrogen-bond donors (Lipinski definition) is 1. The molecule has 1 atom stereocenters. The fourth-order valence-electron chi connectivity index (χ4n) is 2.26. The van der Waals surface area contributed by atoms with E-state index in [1.54, 1.807) is 0 Å². The largest absolute Gasteiger partial charge is 0.308 e. The van der Waals surface area contributed by atoms with Gasteiger partial charge in [-0.2, -0.15) is 0 Å². The van der Waals surface area contributed by atoms with E-state index in [-0.39, 0.29) is 5.54 Å². The molecule has 1 fully saturated rings. The Bertz CT molecular complexity index is 403. The fraction of sp³-hybridized carbons (Fsp3) is 0.467. The molecule has 90 valence electrons. The average Bonchev–Trinajstić information content (AvgIpc) is 2.40. The minimum absolute atomic E-state index is 0.158. The van der Waals surface area contributed by atoms with Gasteiger partial charge in [0.2, 0.25) is 0 Å². The van der Waals surface area contributed by atoms with E-state index >= 15 is 0 Å². The molecule has 1 saturated heterocycles. The highest BCUT2D eigenvalue weighted by atomic mass is 15.2. The Hall–Kier alpha value is -1.30. The van der Waals surface area contributed by atoms with Crippen molar-refractivity contribution in [3.8, 4) is 12.3 Å². The van der Waals surface area contributed by atoms with Gasteiger partial charge in [-0.25, -0.2) is 0 Å². The SMILES string of the molecule is C#CC(C)(C)N1CCNC(c2ccccc2)C1. The zero-order valence-electron chi connectivity index (χ0n) is 10.6. The van der Waals surface area contributed by atoms with Crippen molar-refractivity contribution in [1.82, 2.24) is 10.2 Å². The van der Waals surface area contributed by atoms with Gasteiger partial charge in [-0.15, -0.1) is 6.42 Å². The first-order valence-electron chi connectivity index (χ1n) is 6.14. The number of hydrogen-bond acceptors (Lipinski definition) is 2. The predicted octanol–water partition coefficient (Wildman–Crippen LogP) is 2.04. The van der Waals surface area contributed by atoms with Crippen molar-refractivity contribution in [3.63, 3.8) is 0 Å². The van der Waals surface area contributed by atoms with E-state index in [0.717, 1.165) is 19.6 Å². The summed E-state index contributed by atoms with van der Waals surface area (Å²) in [7, 11) is 0. The van der Waals surface area contributed by atoms with E-state index in [0.29, 0.717) is 6.04 Å². The second-order valence-corrected chi connectivity index (χ2v) is 5.07.